The molecule has 1 aromatic carbocycles. The number of primary amides is 1. The average molecular weight is 357 g/mol. The molecule has 2 N–H and O–H groups in total. The maximum absolute atomic E-state index is 11.0. The van der Waals surface area contributed by atoms with E-state index < -0.39 is 5.91 Å². The van der Waals surface area contributed by atoms with Gasteiger partial charge in [0.05, 0.1) is 29.3 Å². The molecule has 0 unspecified atom stereocenters. The van der Waals surface area contributed by atoms with E-state index in [4.69, 9.17) is 38.2 Å². The van der Waals surface area contributed by atoms with E-state index in [9.17, 15) is 4.79 Å². The summed E-state index contributed by atoms with van der Waals surface area (Å²) in [6.45, 7) is 2.36. The third-order valence-corrected chi connectivity index (χ3v) is 4.25. The van der Waals surface area contributed by atoms with Gasteiger partial charge in [0.25, 0.3) is 0 Å². The number of nitrogens with two attached hydrogens (primary N) is 1. The van der Waals surface area contributed by atoms with Crippen LogP contribution < -0.4 is 5.73 Å². The number of rotatable bonds is 4. The van der Waals surface area contributed by atoms with E-state index in [-0.39, 0.29) is 12.0 Å². The van der Waals surface area contributed by atoms with Crippen molar-refractivity contribution in [3.63, 3.8) is 0 Å². The summed E-state index contributed by atoms with van der Waals surface area (Å²) in [6.07, 6.45) is -0.124. The number of hydrogen-bond acceptors (Lipinski definition) is 6. The molecule has 1 aromatic heterocycles. The topological polar surface area (TPSA) is 94.5 Å². The lowest BCUT2D eigenvalue weighted by molar-refractivity contribution is -0.0338. The van der Waals surface area contributed by atoms with Gasteiger partial charge in [-0.2, -0.15) is 4.98 Å². The van der Waals surface area contributed by atoms with Gasteiger partial charge in [0.15, 0.2) is 5.82 Å². The first kappa shape index (κ1) is 16.2. The smallest absolute Gasteiger partial charge is 0.315 e. The fraction of sp³-hybridized carbons (Fsp3) is 0.357. The van der Waals surface area contributed by atoms with Crippen LogP contribution >= 0.6 is 23.2 Å². The van der Waals surface area contributed by atoms with Gasteiger partial charge in [0.2, 0.25) is 0 Å². The monoisotopic (exact) mass is 356 g/mol. The molecule has 0 bridgehead atoms. The van der Waals surface area contributed by atoms with Gasteiger partial charge < -0.3 is 15.0 Å². The molecular formula is C14H14Cl2N4O3. The second-order valence-corrected chi connectivity index (χ2v) is 5.96. The van der Waals surface area contributed by atoms with Gasteiger partial charge in [0, 0.05) is 13.1 Å². The van der Waals surface area contributed by atoms with Crippen molar-refractivity contribution in [2.45, 2.75) is 12.6 Å². The van der Waals surface area contributed by atoms with E-state index in [2.05, 4.69) is 15.0 Å². The van der Waals surface area contributed by atoms with E-state index in [1.54, 1.807) is 12.1 Å². The number of aromatic nitrogens is 2. The third-order valence-electron chi connectivity index (χ3n) is 3.51. The summed E-state index contributed by atoms with van der Waals surface area (Å²) in [5, 5.41) is 4.75. The minimum atomic E-state index is -0.737. The largest absolute Gasteiger partial charge is 0.371 e. The van der Waals surface area contributed by atoms with Crippen LogP contribution in [0.25, 0.3) is 0 Å². The van der Waals surface area contributed by atoms with Crippen LogP contribution in [0.3, 0.4) is 0 Å². The maximum atomic E-state index is 11.0. The Kier molecular flexibility index (Phi) is 4.82. The van der Waals surface area contributed by atoms with Crippen LogP contribution in [0.5, 0.6) is 0 Å². The minimum Gasteiger partial charge on any atom is -0.371 e. The summed E-state index contributed by atoms with van der Waals surface area (Å²) < 4.78 is 10.6. The van der Waals surface area contributed by atoms with Crippen LogP contribution in [-0.4, -0.2) is 40.6 Å². The zero-order valence-electron chi connectivity index (χ0n) is 12.0. The molecule has 1 atom stereocenters. The summed E-state index contributed by atoms with van der Waals surface area (Å²) in [4.78, 5) is 17.0. The van der Waals surface area contributed by atoms with Crippen LogP contribution in [0.4, 0.5) is 0 Å². The Morgan fingerprint density at radius 2 is 2.22 bits per heavy atom. The minimum absolute atomic E-state index is 0.124. The van der Waals surface area contributed by atoms with Crippen LogP contribution in [0, 0.1) is 0 Å². The fourth-order valence-corrected chi connectivity index (χ4v) is 2.69. The van der Waals surface area contributed by atoms with Gasteiger partial charge in [0.1, 0.15) is 0 Å². The predicted molar refractivity (Wildman–Crippen MR) is 83.2 cm³/mol. The molecule has 122 valence electrons. The van der Waals surface area contributed by atoms with Crippen molar-refractivity contribution in [1.29, 1.82) is 0 Å². The van der Waals surface area contributed by atoms with E-state index in [1.807, 2.05) is 6.07 Å². The fourth-order valence-electron chi connectivity index (χ4n) is 2.38. The number of morpholine rings is 1. The highest BCUT2D eigenvalue weighted by molar-refractivity contribution is 6.42. The van der Waals surface area contributed by atoms with Gasteiger partial charge in [-0.15, -0.1) is 0 Å². The van der Waals surface area contributed by atoms with Gasteiger partial charge in [-0.25, -0.2) is 0 Å². The van der Waals surface area contributed by atoms with Crippen molar-refractivity contribution in [2.75, 3.05) is 19.7 Å². The van der Waals surface area contributed by atoms with Gasteiger partial charge in [-0.3, -0.25) is 9.69 Å². The number of carbonyl (C=O) groups excluding carboxylic acids is 1. The standard InChI is InChI=1S/C14H14Cl2N4O3/c15-9-2-1-8(5-10(9)16)11-6-20(3-4-22-11)7-12-18-14(13(17)21)23-19-12/h1-2,5,11H,3-4,6-7H2,(H2,17,21)/t11-/m1/s1. The Balaban J connectivity index is 1.67. The maximum Gasteiger partial charge on any atom is 0.315 e. The molecular weight excluding hydrogens is 343 g/mol. The lowest BCUT2D eigenvalue weighted by Crippen LogP contribution is -2.38. The quantitative estimate of drug-likeness (QED) is 0.900. The molecule has 1 aliphatic rings. The predicted octanol–water partition coefficient (Wildman–Crippen LogP) is 2.05. The summed E-state index contributed by atoms with van der Waals surface area (Å²) in [5.74, 6) is -0.512. The molecule has 9 heteroatoms. The van der Waals surface area contributed by atoms with E-state index in [0.29, 0.717) is 35.6 Å². The highest BCUT2D eigenvalue weighted by atomic mass is 35.5. The molecule has 0 radical (unpaired) electrons. The number of nitrogens with zero attached hydrogens (tertiary/aromatic N) is 3. The molecule has 1 amide bonds. The van der Waals surface area contributed by atoms with Crippen molar-refractivity contribution in [3.8, 4) is 0 Å². The molecule has 0 aliphatic carbocycles. The molecule has 3 rings (SSSR count). The second-order valence-electron chi connectivity index (χ2n) is 5.15. The number of amides is 1. The second kappa shape index (κ2) is 6.84. The van der Waals surface area contributed by atoms with Crippen molar-refractivity contribution in [2.24, 2.45) is 5.73 Å². The Bertz CT molecular complexity index is 722. The molecule has 1 fully saturated rings. The van der Waals surface area contributed by atoms with E-state index in [1.165, 1.54) is 0 Å². The number of ether oxygens (including phenoxy) is 1. The molecule has 0 spiro atoms. The number of carbonyl (C=O) groups is 1. The van der Waals surface area contributed by atoms with Crippen molar-refractivity contribution < 1.29 is 14.1 Å². The SMILES string of the molecule is NC(=O)c1nc(CN2CCO[C@@H](c3ccc(Cl)c(Cl)c3)C2)no1. The zero-order chi connectivity index (χ0) is 16.4. The van der Waals surface area contributed by atoms with Gasteiger partial charge in [-0.1, -0.05) is 34.4 Å². The molecule has 2 heterocycles. The normalized spacial score (nSPS) is 19.0. The van der Waals surface area contributed by atoms with Gasteiger partial charge in [-0.05, 0) is 17.7 Å². The number of benzene rings is 1. The Labute approximate surface area is 142 Å². The average Bonchev–Trinajstić information content (AvgIpc) is 2.99. The number of halogens is 2. The Hall–Kier alpha value is -1.67. The number of hydrogen-bond donors (Lipinski definition) is 1. The van der Waals surface area contributed by atoms with E-state index in [0.717, 1.165) is 12.1 Å². The summed E-state index contributed by atoms with van der Waals surface area (Å²) in [7, 11) is 0. The Morgan fingerprint density at radius 3 is 2.91 bits per heavy atom. The van der Waals surface area contributed by atoms with Crippen molar-refractivity contribution >= 4 is 29.1 Å². The first-order valence-corrected chi connectivity index (χ1v) is 7.70. The molecule has 23 heavy (non-hydrogen) atoms. The van der Waals surface area contributed by atoms with Crippen LogP contribution in [0.15, 0.2) is 22.7 Å². The van der Waals surface area contributed by atoms with E-state index >= 15 is 0 Å². The van der Waals surface area contributed by atoms with Crippen molar-refractivity contribution in [1.82, 2.24) is 15.0 Å². The molecule has 1 saturated heterocycles. The van der Waals surface area contributed by atoms with Crippen molar-refractivity contribution in [3.05, 3.63) is 45.5 Å². The first-order chi connectivity index (χ1) is 11.0. The Morgan fingerprint density at radius 1 is 1.39 bits per heavy atom. The third kappa shape index (κ3) is 3.81. The highest BCUT2D eigenvalue weighted by Crippen LogP contribution is 2.29. The zero-order valence-corrected chi connectivity index (χ0v) is 13.5. The van der Waals surface area contributed by atoms with Gasteiger partial charge >= 0.3 is 11.8 Å². The molecule has 2 aromatic rings. The van der Waals surface area contributed by atoms with Crippen LogP contribution in [-0.2, 0) is 11.3 Å². The van der Waals surface area contributed by atoms with Crippen LogP contribution in [0.2, 0.25) is 10.0 Å². The lowest BCUT2D eigenvalue weighted by atomic mass is 10.1. The summed E-state index contributed by atoms with van der Waals surface area (Å²) in [5.41, 5.74) is 6.05. The lowest BCUT2D eigenvalue weighted by Gasteiger charge is -2.32. The first-order valence-electron chi connectivity index (χ1n) is 6.94. The molecule has 1 aliphatic heterocycles. The summed E-state index contributed by atoms with van der Waals surface area (Å²) in [6, 6.07) is 5.44. The highest BCUT2D eigenvalue weighted by Gasteiger charge is 2.24. The van der Waals surface area contributed by atoms with Crippen LogP contribution in [0.1, 0.15) is 28.2 Å². The molecule has 0 saturated carbocycles. The summed E-state index contributed by atoms with van der Waals surface area (Å²) >= 11 is 12.0. The molecule has 7 nitrogen and oxygen atoms in total.